The molecule has 1 unspecified atom stereocenters. The van der Waals surface area contributed by atoms with E-state index in [2.05, 4.69) is 32.0 Å². The predicted octanol–water partition coefficient (Wildman–Crippen LogP) is 2.28. The van der Waals surface area contributed by atoms with Crippen molar-refractivity contribution in [3.05, 3.63) is 34.9 Å². The lowest BCUT2D eigenvalue weighted by molar-refractivity contribution is -0.118. The lowest BCUT2D eigenvalue weighted by Crippen LogP contribution is -2.13. The van der Waals surface area contributed by atoms with Crippen molar-refractivity contribution in [1.29, 1.82) is 0 Å². The van der Waals surface area contributed by atoms with Gasteiger partial charge in [0.1, 0.15) is 0 Å². The highest BCUT2D eigenvalue weighted by Crippen LogP contribution is 2.21. The molecule has 0 bridgehead atoms. The van der Waals surface area contributed by atoms with Crippen molar-refractivity contribution in [3.8, 4) is 0 Å². The molecule has 0 aliphatic heterocycles. The Kier molecular flexibility index (Phi) is 3.28. The second kappa shape index (κ2) is 4.27. The molecule has 0 saturated heterocycles. The molecule has 0 aliphatic rings. The first-order valence-electron chi connectivity index (χ1n) is 4.85. The van der Waals surface area contributed by atoms with Crippen LogP contribution in [0.2, 0.25) is 0 Å². The van der Waals surface area contributed by atoms with Crippen LogP contribution in [-0.4, -0.2) is 5.91 Å². The van der Waals surface area contributed by atoms with Gasteiger partial charge in [0.05, 0.1) is 0 Å². The second-order valence-electron chi connectivity index (χ2n) is 3.99. The maximum absolute atomic E-state index is 10.8. The van der Waals surface area contributed by atoms with Crippen LogP contribution >= 0.6 is 0 Å². The van der Waals surface area contributed by atoms with Crippen molar-refractivity contribution >= 4 is 5.91 Å². The van der Waals surface area contributed by atoms with E-state index in [0.29, 0.717) is 6.42 Å². The molecular weight excluding hydrogens is 174 g/mol. The number of rotatable bonds is 3. The number of amides is 1. The standard InChI is InChI=1S/C12H17NO/c1-8-4-9(2)6-11(5-8)10(3)7-12(13)14/h4-6,10H,7H2,1-3H3,(H2,13,14). The molecule has 14 heavy (non-hydrogen) atoms. The fourth-order valence-electron chi connectivity index (χ4n) is 1.71. The highest BCUT2D eigenvalue weighted by molar-refractivity contribution is 5.74. The maximum Gasteiger partial charge on any atom is 0.218 e. The van der Waals surface area contributed by atoms with Crippen LogP contribution in [0.25, 0.3) is 0 Å². The van der Waals surface area contributed by atoms with Gasteiger partial charge in [0.25, 0.3) is 0 Å². The van der Waals surface area contributed by atoms with Gasteiger partial charge in [-0.05, 0) is 25.3 Å². The van der Waals surface area contributed by atoms with Crippen LogP contribution in [0, 0.1) is 13.8 Å². The first kappa shape index (κ1) is 10.8. The predicted molar refractivity (Wildman–Crippen MR) is 58.1 cm³/mol. The molecule has 76 valence electrons. The minimum Gasteiger partial charge on any atom is -0.370 e. The third-order valence-corrected chi connectivity index (χ3v) is 2.32. The van der Waals surface area contributed by atoms with Crippen molar-refractivity contribution in [2.75, 3.05) is 0 Å². The molecule has 0 radical (unpaired) electrons. The van der Waals surface area contributed by atoms with E-state index in [-0.39, 0.29) is 11.8 Å². The number of hydrogen-bond donors (Lipinski definition) is 1. The number of nitrogens with two attached hydrogens (primary N) is 1. The highest BCUT2D eigenvalue weighted by atomic mass is 16.1. The number of carbonyl (C=O) groups is 1. The number of aryl methyl sites for hydroxylation is 2. The van der Waals surface area contributed by atoms with Crippen molar-refractivity contribution in [1.82, 2.24) is 0 Å². The monoisotopic (exact) mass is 191 g/mol. The fraction of sp³-hybridized carbons (Fsp3) is 0.417. The second-order valence-corrected chi connectivity index (χ2v) is 3.99. The molecular formula is C12H17NO. The molecule has 0 fully saturated rings. The first-order valence-corrected chi connectivity index (χ1v) is 4.85. The average Bonchev–Trinajstić information content (AvgIpc) is 2.00. The van der Waals surface area contributed by atoms with Crippen LogP contribution in [0.4, 0.5) is 0 Å². The zero-order valence-corrected chi connectivity index (χ0v) is 9.00. The van der Waals surface area contributed by atoms with Crippen LogP contribution < -0.4 is 5.73 Å². The quantitative estimate of drug-likeness (QED) is 0.782. The van der Waals surface area contributed by atoms with Crippen molar-refractivity contribution in [2.24, 2.45) is 5.73 Å². The van der Waals surface area contributed by atoms with Gasteiger partial charge in [-0.15, -0.1) is 0 Å². The van der Waals surface area contributed by atoms with E-state index in [9.17, 15) is 4.79 Å². The zero-order valence-electron chi connectivity index (χ0n) is 9.00. The minimum atomic E-state index is -0.239. The van der Waals surface area contributed by atoms with E-state index < -0.39 is 0 Å². The summed E-state index contributed by atoms with van der Waals surface area (Å²) in [5.74, 6) is -0.0252. The number of carbonyl (C=O) groups excluding carboxylic acids is 1. The normalized spacial score (nSPS) is 12.5. The van der Waals surface area contributed by atoms with E-state index in [4.69, 9.17) is 5.73 Å². The Morgan fingerprint density at radius 3 is 2.21 bits per heavy atom. The average molecular weight is 191 g/mol. The number of primary amides is 1. The summed E-state index contributed by atoms with van der Waals surface area (Å²) in [4.78, 5) is 10.8. The van der Waals surface area contributed by atoms with Gasteiger partial charge in [0.2, 0.25) is 5.91 Å². The molecule has 1 atom stereocenters. The summed E-state index contributed by atoms with van der Waals surface area (Å²) in [5, 5.41) is 0. The lowest BCUT2D eigenvalue weighted by atomic mass is 9.94. The first-order chi connectivity index (χ1) is 6.49. The highest BCUT2D eigenvalue weighted by Gasteiger charge is 2.09. The lowest BCUT2D eigenvalue weighted by Gasteiger charge is -2.11. The smallest absolute Gasteiger partial charge is 0.218 e. The van der Waals surface area contributed by atoms with Crippen LogP contribution in [0.3, 0.4) is 0 Å². The van der Waals surface area contributed by atoms with E-state index in [1.54, 1.807) is 0 Å². The Labute approximate surface area is 85.1 Å². The Morgan fingerprint density at radius 2 is 1.79 bits per heavy atom. The van der Waals surface area contributed by atoms with Crippen molar-refractivity contribution in [3.63, 3.8) is 0 Å². The Hall–Kier alpha value is -1.31. The van der Waals surface area contributed by atoms with Gasteiger partial charge in [-0.25, -0.2) is 0 Å². The number of hydrogen-bond acceptors (Lipinski definition) is 1. The molecule has 0 heterocycles. The van der Waals surface area contributed by atoms with Gasteiger partial charge in [0, 0.05) is 6.42 Å². The molecule has 2 N–H and O–H groups in total. The van der Waals surface area contributed by atoms with Crippen molar-refractivity contribution in [2.45, 2.75) is 33.1 Å². The van der Waals surface area contributed by atoms with Gasteiger partial charge >= 0.3 is 0 Å². The van der Waals surface area contributed by atoms with Crippen LogP contribution in [0.15, 0.2) is 18.2 Å². The Bertz CT molecular complexity index is 324. The molecule has 0 saturated carbocycles. The van der Waals surface area contributed by atoms with E-state index in [0.717, 1.165) is 0 Å². The third kappa shape index (κ3) is 2.87. The van der Waals surface area contributed by atoms with Gasteiger partial charge < -0.3 is 5.73 Å². The van der Waals surface area contributed by atoms with Gasteiger partial charge in [-0.2, -0.15) is 0 Å². The third-order valence-electron chi connectivity index (χ3n) is 2.32. The van der Waals surface area contributed by atoms with Crippen LogP contribution in [0.5, 0.6) is 0 Å². The van der Waals surface area contributed by atoms with Crippen LogP contribution in [-0.2, 0) is 4.79 Å². The SMILES string of the molecule is Cc1cc(C)cc(C(C)CC(N)=O)c1. The topological polar surface area (TPSA) is 43.1 Å². The zero-order chi connectivity index (χ0) is 10.7. The molecule has 1 rings (SSSR count). The van der Waals surface area contributed by atoms with E-state index >= 15 is 0 Å². The minimum absolute atomic E-state index is 0.214. The van der Waals surface area contributed by atoms with Gasteiger partial charge in [0.15, 0.2) is 0 Å². The largest absolute Gasteiger partial charge is 0.370 e. The maximum atomic E-state index is 10.8. The van der Waals surface area contributed by atoms with Crippen molar-refractivity contribution < 1.29 is 4.79 Å². The Balaban J connectivity index is 2.89. The molecule has 1 amide bonds. The van der Waals surface area contributed by atoms with E-state index in [1.165, 1.54) is 16.7 Å². The molecule has 2 heteroatoms. The molecule has 2 nitrogen and oxygen atoms in total. The number of benzene rings is 1. The molecule has 0 spiro atoms. The molecule has 1 aromatic rings. The molecule has 1 aromatic carbocycles. The summed E-state index contributed by atoms with van der Waals surface area (Å²) < 4.78 is 0. The fourth-order valence-corrected chi connectivity index (χ4v) is 1.71. The summed E-state index contributed by atoms with van der Waals surface area (Å²) in [6.07, 6.45) is 0.420. The van der Waals surface area contributed by atoms with Gasteiger partial charge in [-0.3, -0.25) is 4.79 Å². The van der Waals surface area contributed by atoms with Gasteiger partial charge in [-0.1, -0.05) is 36.2 Å². The summed E-state index contributed by atoms with van der Waals surface area (Å²) in [5.41, 5.74) is 8.83. The summed E-state index contributed by atoms with van der Waals surface area (Å²) in [6, 6.07) is 6.35. The summed E-state index contributed by atoms with van der Waals surface area (Å²) in [7, 11) is 0. The van der Waals surface area contributed by atoms with Crippen LogP contribution in [0.1, 0.15) is 36.0 Å². The molecule has 0 aliphatic carbocycles. The Morgan fingerprint density at radius 1 is 1.29 bits per heavy atom. The summed E-state index contributed by atoms with van der Waals surface area (Å²) >= 11 is 0. The van der Waals surface area contributed by atoms with E-state index in [1.807, 2.05) is 6.92 Å². The summed E-state index contributed by atoms with van der Waals surface area (Å²) in [6.45, 7) is 6.15. The molecule has 0 aromatic heterocycles.